The topological polar surface area (TPSA) is 77.6 Å². The maximum atomic E-state index is 12.9. The van der Waals surface area contributed by atoms with Crippen molar-refractivity contribution in [1.29, 1.82) is 0 Å². The number of ether oxygens (including phenoxy) is 1. The summed E-state index contributed by atoms with van der Waals surface area (Å²) in [4.78, 5) is 30.6. The Morgan fingerprint density at radius 1 is 1.27 bits per heavy atom. The number of rotatable bonds is 2. The predicted octanol–water partition coefficient (Wildman–Crippen LogP) is 2.05. The van der Waals surface area contributed by atoms with Crippen LogP contribution in [0.2, 0.25) is 0 Å². The Bertz CT molecular complexity index is 1040. The third kappa shape index (κ3) is 2.90. The number of oxazole rings is 1. The minimum atomic E-state index is -0.441. The monoisotopic (exact) mass is 353 g/mol. The molecule has 1 fully saturated rings. The standard InChI is InChI=1S/C19H19N3O4/c1-12-9-13(5-6-20-12)17-11-22(7-8-25-17)18(23)14-3-4-16-15(10-14)21(2)19(24)26-16/h3-6,9-10,17H,7-8,11H2,1-2H3/t17-/m0/s1. The van der Waals surface area contributed by atoms with E-state index in [0.717, 1.165) is 11.3 Å². The molecule has 1 amide bonds. The second-order valence-corrected chi connectivity index (χ2v) is 6.45. The number of amides is 1. The third-order valence-electron chi connectivity index (χ3n) is 4.68. The molecular weight excluding hydrogens is 334 g/mol. The molecule has 3 heterocycles. The number of hydrogen-bond donors (Lipinski definition) is 0. The van der Waals surface area contributed by atoms with Crippen LogP contribution in [0.3, 0.4) is 0 Å². The van der Waals surface area contributed by atoms with Crippen LogP contribution in [0.5, 0.6) is 0 Å². The molecule has 0 bridgehead atoms. The first-order chi connectivity index (χ1) is 12.5. The smallest absolute Gasteiger partial charge is 0.408 e. The number of carbonyl (C=O) groups is 1. The molecule has 3 aromatic rings. The number of nitrogens with zero attached hydrogens (tertiary/aromatic N) is 3. The number of pyridine rings is 1. The molecule has 0 saturated carbocycles. The summed E-state index contributed by atoms with van der Waals surface area (Å²) in [6.45, 7) is 3.41. The quantitative estimate of drug-likeness (QED) is 0.705. The van der Waals surface area contributed by atoms with Crippen LogP contribution in [0.1, 0.15) is 27.7 Å². The Morgan fingerprint density at radius 3 is 2.92 bits per heavy atom. The first kappa shape index (κ1) is 16.5. The van der Waals surface area contributed by atoms with Crippen LogP contribution in [0.25, 0.3) is 11.1 Å². The van der Waals surface area contributed by atoms with Crippen LogP contribution in [-0.2, 0) is 11.8 Å². The summed E-state index contributed by atoms with van der Waals surface area (Å²) >= 11 is 0. The Hall–Kier alpha value is -2.93. The number of morpholine rings is 1. The maximum Gasteiger partial charge on any atom is 0.419 e. The molecule has 1 aliphatic heterocycles. The van der Waals surface area contributed by atoms with Gasteiger partial charge in [-0.25, -0.2) is 4.79 Å². The molecule has 7 heteroatoms. The van der Waals surface area contributed by atoms with Gasteiger partial charge in [0.05, 0.1) is 18.7 Å². The first-order valence-corrected chi connectivity index (χ1v) is 8.46. The molecule has 1 atom stereocenters. The fraction of sp³-hybridized carbons (Fsp3) is 0.316. The molecule has 7 nitrogen and oxygen atoms in total. The average molecular weight is 353 g/mol. The van der Waals surface area contributed by atoms with E-state index in [4.69, 9.17) is 9.15 Å². The summed E-state index contributed by atoms with van der Waals surface area (Å²) in [5.41, 5.74) is 3.54. The molecular formula is C19H19N3O4. The fourth-order valence-electron chi connectivity index (χ4n) is 3.25. The van der Waals surface area contributed by atoms with E-state index in [0.29, 0.717) is 36.4 Å². The average Bonchev–Trinajstić information content (AvgIpc) is 2.95. The van der Waals surface area contributed by atoms with E-state index in [1.165, 1.54) is 4.57 Å². The summed E-state index contributed by atoms with van der Waals surface area (Å²) in [6, 6.07) is 8.94. The van der Waals surface area contributed by atoms with E-state index < -0.39 is 5.76 Å². The minimum absolute atomic E-state index is 0.0837. The Labute approximate surface area is 149 Å². The van der Waals surface area contributed by atoms with Crippen molar-refractivity contribution < 1.29 is 13.9 Å². The van der Waals surface area contributed by atoms with Crippen molar-refractivity contribution >= 4 is 17.0 Å². The van der Waals surface area contributed by atoms with E-state index in [1.807, 2.05) is 19.1 Å². The minimum Gasteiger partial charge on any atom is -0.408 e. The summed E-state index contributed by atoms with van der Waals surface area (Å²) in [5, 5.41) is 0. The second-order valence-electron chi connectivity index (χ2n) is 6.45. The van der Waals surface area contributed by atoms with Crippen LogP contribution in [0.15, 0.2) is 45.7 Å². The zero-order valence-corrected chi connectivity index (χ0v) is 14.6. The highest BCUT2D eigenvalue weighted by molar-refractivity contribution is 5.97. The summed E-state index contributed by atoms with van der Waals surface area (Å²) in [7, 11) is 1.62. The number of aromatic nitrogens is 2. The lowest BCUT2D eigenvalue weighted by molar-refractivity contribution is -0.0228. The van der Waals surface area contributed by atoms with E-state index >= 15 is 0 Å². The lowest BCUT2D eigenvalue weighted by Gasteiger charge is -2.33. The SMILES string of the molecule is Cc1cc([C@@H]2CN(C(=O)c3ccc4oc(=O)n(C)c4c3)CCO2)ccn1. The van der Waals surface area contributed by atoms with Crippen molar-refractivity contribution in [3.63, 3.8) is 0 Å². The van der Waals surface area contributed by atoms with Gasteiger partial charge in [0.25, 0.3) is 5.91 Å². The van der Waals surface area contributed by atoms with Gasteiger partial charge in [0.15, 0.2) is 5.58 Å². The van der Waals surface area contributed by atoms with Gasteiger partial charge in [0.1, 0.15) is 6.10 Å². The van der Waals surface area contributed by atoms with Crippen molar-refractivity contribution in [1.82, 2.24) is 14.5 Å². The highest BCUT2D eigenvalue weighted by atomic mass is 16.5. The van der Waals surface area contributed by atoms with Crippen molar-refractivity contribution in [3.05, 3.63) is 63.9 Å². The van der Waals surface area contributed by atoms with Crippen LogP contribution in [0.4, 0.5) is 0 Å². The van der Waals surface area contributed by atoms with Crippen LogP contribution < -0.4 is 5.76 Å². The van der Waals surface area contributed by atoms with Crippen molar-refractivity contribution in [2.45, 2.75) is 13.0 Å². The van der Waals surface area contributed by atoms with Gasteiger partial charge in [-0.1, -0.05) is 0 Å². The van der Waals surface area contributed by atoms with Crippen molar-refractivity contribution in [2.75, 3.05) is 19.7 Å². The number of carbonyl (C=O) groups excluding carboxylic acids is 1. The molecule has 0 unspecified atom stereocenters. The Morgan fingerprint density at radius 2 is 2.12 bits per heavy atom. The second kappa shape index (κ2) is 6.42. The molecule has 4 rings (SSSR count). The Kier molecular flexibility index (Phi) is 4.08. The molecule has 0 radical (unpaired) electrons. The number of hydrogen-bond acceptors (Lipinski definition) is 5. The molecule has 26 heavy (non-hydrogen) atoms. The van der Waals surface area contributed by atoms with Gasteiger partial charge in [-0.3, -0.25) is 14.3 Å². The van der Waals surface area contributed by atoms with Gasteiger partial charge in [-0.2, -0.15) is 0 Å². The van der Waals surface area contributed by atoms with E-state index in [-0.39, 0.29) is 12.0 Å². The molecule has 1 aromatic carbocycles. The number of fused-ring (bicyclic) bond motifs is 1. The summed E-state index contributed by atoms with van der Waals surface area (Å²) < 4.78 is 12.4. The molecule has 1 saturated heterocycles. The van der Waals surface area contributed by atoms with E-state index in [1.54, 1.807) is 36.3 Å². The normalized spacial score (nSPS) is 17.6. The number of benzene rings is 1. The highest BCUT2D eigenvalue weighted by Crippen LogP contribution is 2.24. The molecule has 0 N–H and O–H groups in total. The van der Waals surface area contributed by atoms with Gasteiger partial charge in [-0.15, -0.1) is 0 Å². The third-order valence-corrected chi connectivity index (χ3v) is 4.68. The van der Waals surface area contributed by atoms with Crippen LogP contribution in [-0.4, -0.2) is 40.1 Å². The zero-order chi connectivity index (χ0) is 18.3. The largest absolute Gasteiger partial charge is 0.419 e. The van der Waals surface area contributed by atoms with Gasteiger partial charge >= 0.3 is 5.76 Å². The number of aryl methyl sites for hydroxylation is 2. The van der Waals surface area contributed by atoms with Gasteiger partial charge in [0.2, 0.25) is 0 Å². The van der Waals surface area contributed by atoms with Gasteiger partial charge in [-0.05, 0) is 42.8 Å². The van der Waals surface area contributed by atoms with Gasteiger partial charge < -0.3 is 14.1 Å². The molecule has 0 spiro atoms. The van der Waals surface area contributed by atoms with Crippen molar-refractivity contribution in [3.8, 4) is 0 Å². The van der Waals surface area contributed by atoms with E-state index in [9.17, 15) is 9.59 Å². The molecule has 134 valence electrons. The van der Waals surface area contributed by atoms with Crippen molar-refractivity contribution in [2.24, 2.45) is 7.05 Å². The van der Waals surface area contributed by atoms with Crippen LogP contribution in [0, 0.1) is 6.92 Å². The van der Waals surface area contributed by atoms with Gasteiger partial charge in [0, 0.05) is 31.0 Å². The zero-order valence-electron chi connectivity index (χ0n) is 14.6. The lowest BCUT2D eigenvalue weighted by Crippen LogP contribution is -2.42. The summed E-state index contributed by atoms with van der Waals surface area (Å²) in [6.07, 6.45) is 1.58. The molecule has 1 aliphatic rings. The first-order valence-electron chi connectivity index (χ1n) is 8.46. The van der Waals surface area contributed by atoms with E-state index in [2.05, 4.69) is 4.98 Å². The predicted molar refractivity (Wildman–Crippen MR) is 95.0 cm³/mol. The molecule has 0 aliphatic carbocycles. The summed E-state index contributed by atoms with van der Waals surface area (Å²) in [5.74, 6) is -0.524. The fourth-order valence-corrected chi connectivity index (χ4v) is 3.25. The maximum absolute atomic E-state index is 12.9. The Balaban J connectivity index is 1.59. The molecule has 2 aromatic heterocycles. The highest BCUT2D eigenvalue weighted by Gasteiger charge is 2.26. The lowest BCUT2D eigenvalue weighted by atomic mass is 10.1. The van der Waals surface area contributed by atoms with Crippen LogP contribution >= 0.6 is 0 Å².